The van der Waals surface area contributed by atoms with Gasteiger partial charge < -0.3 is 9.64 Å². The first kappa shape index (κ1) is 21.6. The van der Waals surface area contributed by atoms with E-state index in [4.69, 9.17) is 4.74 Å². The highest BCUT2D eigenvalue weighted by Crippen LogP contribution is 2.29. The Morgan fingerprint density at radius 2 is 1.62 bits per heavy atom. The molecule has 5 heteroatoms. The fourth-order valence-electron chi connectivity index (χ4n) is 4.12. The topological polar surface area (TPSA) is 55.3 Å². The molecule has 5 aromatic rings. The van der Waals surface area contributed by atoms with Crippen molar-refractivity contribution in [3.05, 3.63) is 102 Å². The van der Waals surface area contributed by atoms with Crippen LogP contribution in [0.15, 0.2) is 91.3 Å². The van der Waals surface area contributed by atoms with Crippen LogP contribution in [0.25, 0.3) is 21.7 Å². The Morgan fingerprint density at radius 1 is 0.824 bits per heavy atom. The van der Waals surface area contributed by atoms with E-state index in [1.54, 1.807) is 0 Å². The van der Waals surface area contributed by atoms with Gasteiger partial charge in [0, 0.05) is 32.6 Å². The van der Waals surface area contributed by atoms with Crippen molar-refractivity contribution >= 4 is 33.1 Å². The molecular weight excluding hydrogens is 422 g/mol. The van der Waals surface area contributed by atoms with Crippen LogP contribution in [0.3, 0.4) is 0 Å². The van der Waals surface area contributed by atoms with Gasteiger partial charge in [-0.3, -0.25) is 4.79 Å². The second-order valence-corrected chi connectivity index (χ2v) is 8.55. The largest absolute Gasteiger partial charge is 0.438 e. The SMILES string of the molecule is CN(C)c1ccc2c(Oc3ccc(CC(=O)Cc4cccc5ccccc45)cc3)ncnc2c1. The first-order valence-corrected chi connectivity index (χ1v) is 11.2. The van der Waals surface area contributed by atoms with E-state index < -0.39 is 0 Å². The molecule has 5 nitrogen and oxygen atoms in total. The fraction of sp³-hybridized carbons (Fsp3) is 0.138. The molecule has 5 rings (SSSR count). The van der Waals surface area contributed by atoms with Gasteiger partial charge in [0.2, 0.25) is 5.88 Å². The van der Waals surface area contributed by atoms with Crippen LogP contribution in [-0.2, 0) is 17.6 Å². The number of ether oxygens (including phenoxy) is 1. The van der Waals surface area contributed by atoms with E-state index in [1.807, 2.05) is 85.7 Å². The summed E-state index contributed by atoms with van der Waals surface area (Å²) in [5, 5.41) is 3.14. The van der Waals surface area contributed by atoms with Crippen molar-refractivity contribution < 1.29 is 9.53 Å². The number of rotatable bonds is 7. The van der Waals surface area contributed by atoms with Gasteiger partial charge in [0.1, 0.15) is 17.9 Å². The predicted molar refractivity (Wildman–Crippen MR) is 137 cm³/mol. The van der Waals surface area contributed by atoms with Crippen LogP contribution >= 0.6 is 0 Å². The van der Waals surface area contributed by atoms with Crippen LogP contribution in [0.2, 0.25) is 0 Å². The molecule has 0 radical (unpaired) electrons. The van der Waals surface area contributed by atoms with Gasteiger partial charge >= 0.3 is 0 Å². The summed E-state index contributed by atoms with van der Waals surface area (Å²) < 4.78 is 6.05. The second-order valence-electron chi connectivity index (χ2n) is 8.55. The van der Waals surface area contributed by atoms with Crippen LogP contribution in [0.4, 0.5) is 5.69 Å². The van der Waals surface area contributed by atoms with Crippen molar-refractivity contribution in [2.75, 3.05) is 19.0 Å². The van der Waals surface area contributed by atoms with Gasteiger partial charge in [-0.1, -0.05) is 54.6 Å². The Balaban J connectivity index is 1.28. The number of hydrogen-bond acceptors (Lipinski definition) is 5. The number of anilines is 1. The molecule has 0 aliphatic carbocycles. The van der Waals surface area contributed by atoms with Crippen molar-refractivity contribution in [2.24, 2.45) is 0 Å². The monoisotopic (exact) mass is 447 g/mol. The standard InChI is InChI=1S/C29H25N3O2/c1-32(2)23-12-15-27-28(18-23)30-19-31-29(27)34-25-13-10-20(11-14-25)16-24(33)17-22-8-5-7-21-6-3-4-9-26(21)22/h3-15,18-19H,16-17H2,1-2H3. The quantitative estimate of drug-likeness (QED) is 0.306. The molecule has 0 aliphatic heterocycles. The predicted octanol–water partition coefficient (Wildman–Crippen LogP) is 6.00. The smallest absolute Gasteiger partial charge is 0.230 e. The average Bonchev–Trinajstić information content (AvgIpc) is 2.85. The van der Waals surface area contributed by atoms with Crippen LogP contribution in [0.5, 0.6) is 11.6 Å². The fourth-order valence-corrected chi connectivity index (χ4v) is 4.12. The summed E-state index contributed by atoms with van der Waals surface area (Å²) in [7, 11) is 3.99. The first-order chi connectivity index (χ1) is 16.6. The Kier molecular flexibility index (Phi) is 5.91. The number of carbonyl (C=O) groups excluding carboxylic acids is 1. The third kappa shape index (κ3) is 4.59. The van der Waals surface area contributed by atoms with E-state index in [-0.39, 0.29) is 5.78 Å². The maximum Gasteiger partial charge on any atom is 0.230 e. The average molecular weight is 448 g/mol. The van der Waals surface area contributed by atoms with E-state index in [2.05, 4.69) is 28.2 Å². The van der Waals surface area contributed by atoms with Gasteiger partial charge in [-0.05, 0) is 52.2 Å². The van der Waals surface area contributed by atoms with E-state index in [0.717, 1.165) is 38.5 Å². The molecule has 0 fully saturated rings. The van der Waals surface area contributed by atoms with Crippen LogP contribution in [0, 0.1) is 0 Å². The second kappa shape index (κ2) is 9.32. The van der Waals surface area contributed by atoms with Gasteiger partial charge in [0.25, 0.3) is 0 Å². The summed E-state index contributed by atoms with van der Waals surface area (Å²) >= 11 is 0. The maximum absolute atomic E-state index is 12.8. The summed E-state index contributed by atoms with van der Waals surface area (Å²) in [6, 6.07) is 27.9. The number of Topliss-reactive ketones (excluding diaryl/α,β-unsaturated/α-hetero) is 1. The van der Waals surface area contributed by atoms with Crippen molar-refractivity contribution in [3.8, 4) is 11.6 Å². The lowest BCUT2D eigenvalue weighted by Crippen LogP contribution is -2.08. The molecule has 1 aromatic heterocycles. The molecule has 34 heavy (non-hydrogen) atoms. The normalized spacial score (nSPS) is 11.0. The molecule has 0 N–H and O–H groups in total. The highest BCUT2D eigenvalue weighted by Gasteiger charge is 2.10. The number of ketones is 1. The summed E-state index contributed by atoms with van der Waals surface area (Å²) in [5.74, 6) is 1.36. The highest BCUT2D eigenvalue weighted by atomic mass is 16.5. The Labute approximate surface area is 198 Å². The third-order valence-electron chi connectivity index (χ3n) is 5.91. The van der Waals surface area contributed by atoms with E-state index in [0.29, 0.717) is 24.5 Å². The minimum atomic E-state index is 0.184. The molecule has 0 spiro atoms. The number of carbonyl (C=O) groups is 1. The minimum absolute atomic E-state index is 0.184. The summed E-state index contributed by atoms with van der Waals surface area (Å²) in [5.41, 5.74) is 3.92. The Hall–Kier alpha value is -4.25. The summed E-state index contributed by atoms with van der Waals surface area (Å²) in [6.45, 7) is 0. The maximum atomic E-state index is 12.8. The molecule has 0 atom stereocenters. The highest BCUT2D eigenvalue weighted by molar-refractivity contribution is 5.91. The lowest BCUT2D eigenvalue weighted by Gasteiger charge is -2.13. The molecule has 0 aliphatic rings. The first-order valence-electron chi connectivity index (χ1n) is 11.2. The van der Waals surface area contributed by atoms with Crippen molar-refractivity contribution in [3.63, 3.8) is 0 Å². The molecule has 0 bridgehead atoms. The number of nitrogens with zero attached hydrogens (tertiary/aromatic N) is 3. The van der Waals surface area contributed by atoms with Crippen LogP contribution in [-0.4, -0.2) is 29.8 Å². The van der Waals surface area contributed by atoms with Gasteiger partial charge in [-0.25, -0.2) is 9.97 Å². The molecule has 4 aromatic carbocycles. The molecular formula is C29H25N3O2. The third-order valence-corrected chi connectivity index (χ3v) is 5.91. The summed E-state index contributed by atoms with van der Waals surface area (Å²) in [6.07, 6.45) is 2.31. The Bertz CT molecular complexity index is 1470. The van der Waals surface area contributed by atoms with Crippen molar-refractivity contribution in [2.45, 2.75) is 12.8 Å². The van der Waals surface area contributed by atoms with Crippen molar-refractivity contribution in [1.29, 1.82) is 0 Å². The zero-order valence-corrected chi connectivity index (χ0v) is 19.2. The molecule has 0 amide bonds. The van der Waals surface area contributed by atoms with Crippen LogP contribution in [0.1, 0.15) is 11.1 Å². The van der Waals surface area contributed by atoms with Gasteiger partial charge in [-0.2, -0.15) is 0 Å². The minimum Gasteiger partial charge on any atom is -0.438 e. The lowest BCUT2D eigenvalue weighted by atomic mass is 9.98. The number of benzene rings is 4. The molecule has 0 unspecified atom stereocenters. The Morgan fingerprint density at radius 3 is 2.44 bits per heavy atom. The van der Waals surface area contributed by atoms with Gasteiger partial charge in [-0.15, -0.1) is 0 Å². The van der Waals surface area contributed by atoms with Gasteiger partial charge in [0.05, 0.1) is 10.9 Å². The number of fused-ring (bicyclic) bond motifs is 2. The van der Waals surface area contributed by atoms with Crippen LogP contribution < -0.4 is 9.64 Å². The zero-order valence-electron chi connectivity index (χ0n) is 19.2. The van der Waals surface area contributed by atoms with E-state index in [1.165, 1.54) is 6.33 Å². The molecule has 168 valence electrons. The molecule has 0 saturated heterocycles. The van der Waals surface area contributed by atoms with E-state index in [9.17, 15) is 4.79 Å². The molecule has 1 heterocycles. The van der Waals surface area contributed by atoms with E-state index >= 15 is 0 Å². The number of aromatic nitrogens is 2. The van der Waals surface area contributed by atoms with Crippen molar-refractivity contribution in [1.82, 2.24) is 9.97 Å². The lowest BCUT2D eigenvalue weighted by molar-refractivity contribution is -0.117. The number of hydrogen-bond donors (Lipinski definition) is 0. The zero-order chi connectivity index (χ0) is 23.5. The molecule has 0 saturated carbocycles. The summed E-state index contributed by atoms with van der Waals surface area (Å²) in [4.78, 5) is 23.5. The van der Waals surface area contributed by atoms with Gasteiger partial charge in [0.15, 0.2) is 0 Å².